The highest BCUT2D eigenvalue weighted by atomic mass is 19.1. The summed E-state index contributed by atoms with van der Waals surface area (Å²) >= 11 is 0. The van der Waals surface area contributed by atoms with E-state index >= 15 is 0 Å². The van der Waals surface area contributed by atoms with Crippen molar-refractivity contribution in [1.82, 2.24) is 4.57 Å². The molecule has 0 unspecified atom stereocenters. The summed E-state index contributed by atoms with van der Waals surface area (Å²) in [5, 5.41) is 12.0. The van der Waals surface area contributed by atoms with E-state index in [4.69, 9.17) is 9.15 Å². The number of aromatic nitrogens is 1. The molecule has 8 heteroatoms. The number of anilines is 1. The fourth-order valence-corrected chi connectivity index (χ4v) is 2.72. The van der Waals surface area contributed by atoms with Gasteiger partial charge in [-0.05, 0) is 50.6 Å². The SMILES string of the molecule is Cc1ccc(NC(=O)[C@@H](C)OC(=O)c2c(C)oc(-n3cccc3)c2C#N)cc1F. The van der Waals surface area contributed by atoms with Crippen LogP contribution in [-0.4, -0.2) is 22.5 Å². The molecule has 1 N–H and O–H groups in total. The average Bonchev–Trinajstić information content (AvgIpc) is 3.31. The van der Waals surface area contributed by atoms with Crippen LogP contribution in [0.25, 0.3) is 5.88 Å². The summed E-state index contributed by atoms with van der Waals surface area (Å²) in [6.07, 6.45) is 2.17. The highest BCUT2D eigenvalue weighted by Gasteiger charge is 2.28. The van der Waals surface area contributed by atoms with Crippen molar-refractivity contribution >= 4 is 17.6 Å². The van der Waals surface area contributed by atoms with E-state index in [0.717, 1.165) is 0 Å². The van der Waals surface area contributed by atoms with E-state index in [1.165, 1.54) is 26.0 Å². The minimum Gasteiger partial charge on any atom is -0.449 e. The molecule has 1 aromatic carbocycles. The van der Waals surface area contributed by atoms with Crippen molar-refractivity contribution in [3.05, 3.63) is 71.0 Å². The lowest BCUT2D eigenvalue weighted by molar-refractivity contribution is -0.123. The van der Waals surface area contributed by atoms with Gasteiger partial charge in [-0.25, -0.2) is 9.18 Å². The van der Waals surface area contributed by atoms with Crippen LogP contribution in [0.5, 0.6) is 0 Å². The number of halogens is 1. The Morgan fingerprint density at radius 3 is 2.59 bits per heavy atom. The molecule has 7 nitrogen and oxygen atoms in total. The molecule has 0 aliphatic heterocycles. The number of nitrogens with one attached hydrogen (secondary N) is 1. The number of hydrogen-bond acceptors (Lipinski definition) is 5. The largest absolute Gasteiger partial charge is 0.449 e. The Balaban J connectivity index is 1.77. The second-order valence-corrected chi connectivity index (χ2v) is 6.42. The number of carbonyl (C=O) groups excluding carboxylic acids is 2. The molecule has 2 heterocycles. The lowest BCUT2D eigenvalue weighted by atomic mass is 10.1. The highest BCUT2D eigenvalue weighted by Crippen LogP contribution is 2.26. The standard InChI is InChI=1S/C21H18FN3O4/c1-12-6-7-15(10-17(12)22)24-19(26)14(3)29-21(27)18-13(2)28-20(16(18)11-23)25-8-4-5-9-25/h4-10,14H,1-3H3,(H,24,26)/t14-/m1/s1. The molecule has 0 fully saturated rings. The fourth-order valence-electron chi connectivity index (χ4n) is 2.72. The molecular formula is C21H18FN3O4. The van der Waals surface area contributed by atoms with Gasteiger partial charge in [0.1, 0.15) is 28.8 Å². The van der Waals surface area contributed by atoms with Crippen molar-refractivity contribution in [2.45, 2.75) is 26.9 Å². The Kier molecular flexibility index (Phi) is 5.50. The summed E-state index contributed by atoms with van der Waals surface area (Å²) in [6.45, 7) is 4.52. The fraction of sp³-hybridized carbons (Fsp3) is 0.190. The van der Waals surface area contributed by atoms with E-state index in [-0.39, 0.29) is 28.5 Å². The number of ether oxygens (including phenoxy) is 1. The monoisotopic (exact) mass is 395 g/mol. The van der Waals surface area contributed by atoms with Crippen LogP contribution >= 0.6 is 0 Å². The van der Waals surface area contributed by atoms with Gasteiger partial charge in [0.25, 0.3) is 5.91 Å². The number of amides is 1. The van der Waals surface area contributed by atoms with Crippen molar-refractivity contribution < 1.29 is 23.1 Å². The topological polar surface area (TPSA) is 97.3 Å². The number of hydrogen-bond donors (Lipinski definition) is 1. The zero-order chi connectivity index (χ0) is 21.1. The van der Waals surface area contributed by atoms with Crippen LogP contribution in [0.3, 0.4) is 0 Å². The molecule has 2 aromatic heterocycles. The first-order chi connectivity index (χ1) is 13.8. The predicted molar refractivity (Wildman–Crippen MR) is 102 cm³/mol. The van der Waals surface area contributed by atoms with Crippen molar-refractivity contribution in [2.24, 2.45) is 0 Å². The van der Waals surface area contributed by atoms with Crippen LogP contribution in [0, 0.1) is 31.0 Å². The molecule has 0 aliphatic carbocycles. The summed E-state index contributed by atoms with van der Waals surface area (Å²) in [6, 6.07) is 9.69. The van der Waals surface area contributed by atoms with Crippen LogP contribution < -0.4 is 5.32 Å². The molecule has 3 aromatic rings. The number of nitrogens with zero attached hydrogens (tertiary/aromatic N) is 2. The third-order valence-corrected chi connectivity index (χ3v) is 4.31. The van der Waals surface area contributed by atoms with E-state index in [1.54, 1.807) is 42.1 Å². The third-order valence-electron chi connectivity index (χ3n) is 4.31. The van der Waals surface area contributed by atoms with Gasteiger partial charge in [-0.3, -0.25) is 9.36 Å². The molecule has 0 saturated heterocycles. The molecule has 29 heavy (non-hydrogen) atoms. The molecular weight excluding hydrogens is 377 g/mol. The minimum absolute atomic E-state index is 0.0110. The second-order valence-electron chi connectivity index (χ2n) is 6.42. The Bertz CT molecular complexity index is 1110. The number of nitriles is 1. The van der Waals surface area contributed by atoms with E-state index < -0.39 is 23.8 Å². The minimum atomic E-state index is -1.18. The van der Waals surface area contributed by atoms with E-state index in [1.807, 2.05) is 6.07 Å². The van der Waals surface area contributed by atoms with Gasteiger partial charge in [0.05, 0.1) is 0 Å². The third kappa shape index (κ3) is 4.04. The summed E-state index contributed by atoms with van der Waals surface area (Å²) in [7, 11) is 0. The van der Waals surface area contributed by atoms with Crippen molar-refractivity contribution in [3.63, 3.8) is 0 Å². The van der Waals surface area contributed by atoms with Gasteiger partial charge in [0.15, 0.2) is 6.10 Å². The van der Waals surface area contributed by atoms with Crippen molar-refractivity contribution in [3.8, 4) is 12.0 Å². The Labute approximate surface area is 166 Å². The quantitative estimate of drug-likeness (QED) is 0.661. The zero-order valence-electron chi connectivity index (χ0n) is 16.0. The number of benzene rings is 1. The lowest BCUT2D eigenvalue weighted by Crippen LogP contribution is -2.30. The van der Waals surface area contributed by atoms with E-state index in [9.17, 15) is 19.2 Å². The highest BCUT2D eigenvalue weighted by molar-refractivity contribution is 5.99. The Morgan fingerprint density at radius 2 is 1.97 bits per heavy atom. The maximum atomic E-state index is 13.6. The first-order valence-corrected chi connectivity index (χ1v) is 8.76. The summed E-state index contributed by atoms with van der Waals surface area (Å²) in [4.78, 5) is 24.9. The number of carbonyl (C=O) groups is 2. The zero-order valence-corrected chi connectivity index (χ0v) is 16.0. The molecule has 0 bridgehead atoms. The van der Waals surface area contributed by atoms with E-state index in [2.05, 4.69) is 5.32 Å². The molecule has 1 amide bonds. The predicted octanol–water partition coefficient (Wildman–Crippen LogP) is 3.88. The van der Waals surface area contributed by atoms with Crippen LogP contribution in [0.1, 0.15) is 34.2 Å². The summed E-state index contributed by atoms with van der Waals surface area (Å²) in [5.74, 6) is -1.57. The van der Waals surface area contributed by atoms with Gasteiger partial charge in [-0.1, -0.05) is 6.07 Å². The van der Waals surface area contributed by atoms with Crippen LogP contribution in [0.4, 0.5) is 10.1 Å². The van der Waals surface area contributed by atoms with Gasteiger partial charge >= 0.3 is 5.97 Å². The second kappa shape index (κ2) is 8.02. The average molecular weight is 395 g/mol. The number of aryl methyl sites for hydroxylation is 2. The molecule has 148 valence electrons. The van der Waals surface area contributed by atoms with Crippen molar-refractivity contribution in [1.29, 1.82) is 5.26 Å². The maximum absolute atomic E-state index is 13.6. The molecule has 0 radical (unpaired) electrons. The molecule has 0 spiro atoms. The molecule has 3 rings (SSSR count). The maximum Gasteiger partial charge on any atom is 0.343 e. The van der Waals surface area contributed by atoms with Gasteiger partial charge in [0.2, 0.25) is 5.88 Å². The van der Waals surface area contributed by atoms with Gasteiger partial charge in [-0.2, -0.15) is 5.26 Å². The summed E-state index contributed by atoms with van der Waals surface area (Å²) < 4.78 is 26.0. The molecule has 0 aliphatic rings. The van der Waals surface area contributed by atoms with Crippen LogP contribution in [0.15, 0.2) is 47.1 Å². The number of furan rings is 1. The normalized spacial score (nSPS) is 11.6. The van der Waals surface area contributed by atoms with Gasteiger partial charge < -0.3 is 14.5 Å². The number of esters is 1. The van der Waals surface area contributed by atoms with E-state index in [0.29, 0.717) is 5.56 Å². The molecule has 1 atom stereocenters. The van der Waals surface area contributed by atoms with Crippen LogP contribution in [0.2, 0.25) is 0 Å². The first kappa shape index (κ1) is 19.9. The van der Waals surface area contributed by atoms with Gasteiger partial charge in [0, 0.05) is 18.1 Å². The molecule has 0 saturated carbocycles. The Morgan fingerprint density at radius 1 is 1.28 bits per heavy atom. The summed E-state index contributed by atoms with van der Waals surface area (Å²) in [5.41, 5.74) is 0.655. The first-order valence-electron chi connectivity index (χ1n) is 8.76. The Hall–Kier alpha value is -3.86. The smallest absolute Gasteiger partial charge is 0.343 e. The van der Waals surface area contributed by atoms with Crippen LogP contribution in [-0.2, 0) is 9.53 Å². The van der Waals surface area contributed by atoms with Gasteiger partial charge in [-0.15, -0.1) is 0 Å². The lowest BCUT2D eigenvalue weighted by Gasteiger charge is -2.13. The number of rotatable bonds is 5. The van der Waals surface area contributed by atoms with Crippen molar-refractivity contribution in [2.75, 3.05) is 5.32 Å².